The molecular formula is C25H24ClN3O5S2. The molecule has 0 aromatic heterocycles. The number of nitrogens with one attached hydrogen (secondary N) is 1. The predicted molar refractivity (Wildman–Crippen MR) is 143 cm³/mol. The second kappa shape index (κ2) is 11.7. The normalized spacial score (nSPS) is 13.7. The Labute approximate surface area is 219 Å². The summed E-state index contributed by atoms with van der Waals surface area (Å²) >= 11 is 7.93. The Morgan fingerprint density at radius 1 is 1.11 bits per heavy atom. The van der Waals surface area contributed by atoms with Gasteiger partial charge in [0.05, 0.1) is 23.9 Å². The highest BCUT2D eigenvalue weighted by Crippen LogP contribution is 2.27. The van der Waals surface area contributed by atoms with Gasteiger partial charge in [-0.1, -0.05) is 29.8 Å². The topological polar surface area (TPSA) is 97.3 Å². The van der Waals surface area contributed by atoms with E-state index in [2.05, 4.69) is 10.5 Å². The number of hydrazone groups is 1. The summed E-state index contributed by atoms with van der Waals surface area (Å²) in [7, 11) is -2.60. The molecule has 0 bridgehead atoms. The number of nitrogens with zero attached hydrogens (tertiary/aromatic N) is 2. The number of amides is 1. The zero-order valence-electron chi connectivity index (χ0n) is 19.3. The molecule has 3 aromatic carbocycles. The second-order valence-corrected chi connectivity index (χ2v) is 11.2. The fourth-order valence-corrected chi connectivity index (χ4v) is 5.47. The molecular weight excluding hydrogens is 522 g/mol. The number of halogens is 1. The first-order valence-electron chi connectivity index (χ1n) is 10.9. The quantitative estimate of drug-likeness (QED) is 0.303. The van der Waals surface area contributed by atoms with Crippen molar-refractivity contribution in [3.05, 3.63) is 83.4 Å². The molecule has 8 nitrogen and oxygen atoms in total. The van der Waals surface area contributed by atoms with Gasteiger partial charge in [0.2, 0.25) is 0 Å². The Bertz CT molecular complexity index is 1350. The number of methoxy groups -OCH3 is 1. The van der Waals surface area contributed by atoms with Gasteiger partial charge in [-0.15, -0.1) is 0 Å². The molecule has 11 heteroatoms. The highest BCUT2D eigenvalue weighted by atomic mass is 35.5. The zero-order valence-corrected chi connectivity index (χ0v) is 21.7. The van der Waals surface area contributed by atoms with Gasteiger partial charge in [0.1, 0.15) is 24.1 Å². The SMILES string of the molecule is COc1ccc(S(=O)(=O)N(CC(=O)N/N=C\c2cccc(OC3CSC3)c2)c2cccc(Cl)c2)cc1. The number of thioether (sulfide) groups is 1. The molecule has 36 heavy (non-hydrogen) atoms. The Hall–Kier alpha value is -3.21. The van der Waals surface area contributed by atoms with Gasteiger partial charge in [-0.3, -0.25) is 9.10 Å². The van der Waals surface area contributed by atoms with Crippen LogP contribution in [0.5, 0.6) is 11.5 Å². The first-order chi connectivity index (χ1) is 17.3. The molecule has 0 aliphatic carbocycles. The maximum atomic E-state index is 13.4. The number of carbonyl (C=O) groups is 1. The van der Waals surface area contributed by atoms with Crippen LogP contribution in [-0.2, 0) is 14.8 Å². The van der Waals surface area contributed by atoms with Gasteiger partial charge < -0.3 is 9.47 Å². The number of rotatable bonds is 10. The molecule has 4 rings (SSSR count). The van der Waals surface area contributed by atoms with E-state index in [4.69, 9.17) is 21.1 Å². The van der Waals surface area contributed by atoms with Crippen LogP contribution in [0.1, 0.15) is 5.56 Å². The zero-order chi connectivity index (χ0) is 25.5. The van der Waals surface area contributed by atoms with Crippen LogP contribution in [0.25, 0.3) is 0 Å². The largest absolute Gasteiger partial charge is 0.497 e. The van der Waals surface area contributed by atoms with Gasteiger partial charge in [-0.05, 0) is 60.2 Å². The number of hydrogen-bond acceptors (Lipinski definition) is 7. The summed E-state index contributed by atoms with van der Waals surface area (Å²) in [4.78, 5) is 12.7. The molecule has 0 atom stereocenters. The Morgan fingerprint density at radius 3 is 2.53 bits per heavy atom. The molecule has 1 N–H and O–H groups in total. The minimum atomic E-state index is -4.09. The molecule has 0 spiro atoms. The molecule has 1 saturated heterocycles. The van der Waals surface area contributed by atoms with Crippen LogP contribution in [-0.4, -0.2) is 51.8 Å². The summed E-state index contributed by atoms with van der Waals surface area (Å²) < 4.78 is 38.8. The van der Waals surface area contributed by atoms with Gasteiger partial charge in [0.25, 0.3) is 15.9 Å². The summed E-state index contributed by atoms with van der Waals surface area (Å²) in [6.45, 7) is -0.505. The fraction of sp³-hybridized carbons (Fsp3) is 0.200. The molecule has 1 fully saturated rings. The maximum Gasteiger partial charge on any atom is 0.264 e. The number of anilines is 1. The Morgan fingerprint density at radius 2 is 1.86 bits per heavy atom. The van der Waals surface area contributed by atoms with E-state index in [0.29, 0.717) is 10.8 Å². The van der Waals surface area contributed by atoms with Crippen LogP contribution >= 0.6 is 23.4 Å². The number of ether oxygens (including phenoxy) is 2. The summed E-state index contributed by atoms with van der Waals surface area (Å²) in [5.41, 5.74) is 3.38. The van der Waals surface area contributed by atoms with E-state index >= 15 is 0 Å². The minimum absolute atomic E-state index is 0.00116. The molecule has 0 unspecified atom stereocenters. The van der Waals surface area contributed by atoms with Crippen LogP contribution < -0.4 is 19.2 Å². The Balaban J connectivity index is 1.49. The van der Waals surface area contributed by atoms with E-state index in [1.165, 1.54) is 43.7 Å². The van der Waals surface area contributed by atoms with Crippen LogP contribution in [0.3, 0.4) is 0 Å². The van der Waals surface area contributed by atoms with Crippen molar-refractivity contribution in [2.24, 2.45) is 5.10 Å². The number of benzene rings is 3. The van der Waals surface area contributed by atoms with Gasteiger partial charge >= 0.3 is 0 Å². The highest BCUT2D eigenvalue weighted by molar-refractivity contribution is 8.00. The first kappa shape index (κ1) is 25.9. The lowest BCUT2D eigenvalue weighted by Gasteiger charge is -2.25. The average molecular weight is 546 g/mol. The third-order valence-corrected chi connectivity index (χ3v) is 8.44. The van der Waals surface area contributed by atoms with Crippen molar-refractivity contribution in [2.75, 3.05) is 29.5 Å². The van der Waals surface area contributed by atoms with E-state index in [1.54, 1.807) is 18.2 Å². The molecule has 0 saturated carbocycles. The molecule has 1 heterocycles. The lowest BCUT2D eigenvalue weighted by atomic mass is 10.2. The van der Waals surface area contributed by atoms with Crippen molar-refractivity contribution in [3.63, 3.8) is 0 Å². The van der Waals surface area contributed by atoms with Crippen LogP contribution in [0, 0.1) is 0 Å². The van der Waals surface area contributed by atoms with Crippen molar-refractivity contribution in [2.45, 2.75) is 11.0 Å². The van der Waals surface area contributed by atoms with E-state index in [0.717, 1.165) is 27.1 Å². The van der Waals surface area contributed by atoms with Crippen molar-refractivity contribution in [1.82, 2.24) is 5.43 Å². The average Bonchev–Trinajstić information content (AvgIpc) is 2.85. The molecule has 188 valence electrons. The predicted octanol–water partition coefficient (Wildman–Crippen LogP) is 4.19. The summed E-state index contributed by atoms with van der Waals surface area (Å²) in [6.07, 6.45) is 1.69. The third-order valence-electron chi connectivity index (χ3n) is 5.20. The van der Waals surface area contributed by atoms with Crippen molar-refractivity contribution >= 4 is 51.2 Å². The van der Waals surface area contributed by atoms with Crippen LogP contribution in [0.4, 0.5) is 5.69 Å². The van der Waals surface area contributed by atoms with Crippen LogP contribution in [0.2, 0.25) is 5.02 Å². The van der Waals surface area contributed by atoms with E-state index in [-0.39, 0.29) is 16.7 Å². The van der Waals surface area contributed by atoms with Crippen molar-refractivity contribution in [1.29, 1.82) is 0 Å². The van der Waals surface area contributed by atoms with Gasteiger partial charge in [0.15, 0.2) is 0 Å². The smallest absolute Gasteiger partial charge is 0.264 e. The van der Waals surface area contributed by atoms with Gasteiger partial charge in [-0.2, -0.15) is 16.9 Å². The second-order valence-electron chi connectivity index (χ2n) is 7.81. The Kier molecular flexibility index (Phi) is 8.40. The summed E-state index contributed by atoms with van der Waals surface area (Å²) in [6, 6.07) is 19.5. The number of carbonyl (C=O) groups excluding carboxylic acids is 1. The number of hydrogen-bond donors (Lipinski definition) is 1. The standard InChI is InChI=1S/C25H24ClN3O5S2/c1-33-21-8-10-24(11-9-21)36(31,32)29(20-6-3-5-19(26)13-20)15-25(30)28-27-14-18-4-2-7-22(12-18)34-23-16-35-17-23/h2-14,23H,15-17H2,1H3,(H,28,30)/b27-14-. The first-order valence-corrected chi connectivity index (χ1v) is 13.9. The monoisotopic (exact) mass is 545 g/mol. The number of sulfonamides is 1. The van der Waals surface area contributed by atoms with Gasteiger partial charge in [-0.25, -0.2) is 13.8 Å². The molecule has 1 amide bonds. The van der Waals surface area contributed by atoms with Crippen molar-refractivity contribution in [3.8, 4) is 11.5 Å². The highest BCUT2D eigenvalue weighted by Gasteiger charge is 2.27. The molecule has 0 radical (unpaired) electrons. The molecule has 1 aliphatic rings. The van der Waals surface area contributed by atoms with Crippen molar-refractivity contribution < 1.29 is 22.7 Å². The third kappa shape index (κ3) is 6.51. The van der Waals surface area contributed by atoms with Crippen LogP contribution in [0.15, 0.2) is 82.8 Å². The molecule has 1 aliphatic heterocycles. The minimum Gasteiger partial charge on any atom is -0.497 e. The van der Waals surface area contributed by atoms with E-state index in [9.17, 15) is 13.2 Å². The fourth-order valence-electron chi connectivity index (χ4n) is 3.31. The maximum absolute atomic E-state index is 13.4. The lowest BCUT2D eigenvalue weighted by molar-refractivity contribution is -0.119. The lowest BCUT2D eigenvalue weighted by Crippen LogP contribution is -2.39. The van der Waals surface area contributed by atoms with E-state index < -0.39 is 22.5 Å². The summed E-state index contributed by atoms with van der Waals surface area (Å²) in [5, 5.41) is 4.33. The van der Waals surface area contributed by atoms with Gasteiger partial charge in [0, 0.05) is 16.5 Å². The summed E-state index contributed by atoms with van der Waals surface area (Å²) in [5.74, 6) is 2.56. The molecule has 3 aromatic rings. The van der Waals surface area contributed by atoms with E-state index in [1.807, 2.05) is 36.0 Å².